The predicted octanol–water partition coefficient (Wildman–Crippen LogP) is 22.3. The minimum Gasteiger partial charge on any atom is -0.504 e. The Morgan fingerprint density at radius 3 is 1.28 bits per heavy atom. The monoisotopic (exact) mass is 1480 g/mol. The molecule has 0 radical (unpaired) electrons. The Labute approximate surface area is 594 Å². The average Bonchev–Trinajstić information content (AvgIpc) is 1.60. The number of alkyl halides is 2. The Hall–Kier alpha value is -10.8. The number of allylic oxidation sites excluding steroid dienone is 1. The molecule has 10 nitrogen and oxygen atoms in total. The zero-order valence-corrected chi connectivity index (χ0v) is 59.3. The molecule has 10 aromatic carbocycles. The number of aromatic hydroxyl groups is 2. The molecule has 17 heteroatoms. The molecule has 0 saturated heterocycles. The molecule has 12 rings (SSSR count). The fraction of sp³-hybridized carbons (Fsp3) is 0.133. The number of carbonyl (C=O) groups is 4. The van der Waals surface area contributed by atoms with Gasteiger partial charge >= 0.3 is 0 Å². The lowest BCUT2D eigenvalue weighted by Gasteiger charge is -2.17. The molecule has 12 aromatic rings. The van der Waals surface area contributed by atoms with E-state index in [-0.39, 0.29) is 62.8 Å². The third-order valence-corrected chi connectivity index (χ3v) is 18.5. The van der Waals surface area contributed by atoms with Crippen molar-refractivity contribution in [1.82, 2.24) is 10.3 Å². The number of benzene rings is 10. The molecule has 0 aliphatic carbocycles. The number of rotatable bonds is 13. The van der Waals surface area contributed by atoms with E-state index in [2.05, 4.69) is 68.2 Å². The molecule has 0 aliphatic heterocycles. The third-order valence-electron chi connectivity index (χ3n) is 15.7. The molecule has 0 spiro atoms. The van der Waals surface area contributed by atoms with Gasteiger partial charge in [0.2, 0.25) is 0 Å². The van der Waals surface area contributed by atoms with E-state index in [0.29, 0.717) is 62.4 Å². The number of aryl methyl sites for hydroxylation is 8. The van der Waals surface area contributed by atoms with Gasteiger partial charge in [-0.15, -0.1) is 0 Å². The Morgan fingerprint density at radius 2 is 0.820 bits per heavy atom. The van der Waals surface area contributed by atoms with Gasteiger partial charge in [-0.2, -0.15) is 0 Å². The summed E-state index contributed by atoms with van der Waals surface area (Å²) < 4.78 is 75.3. The third kappa shape index (κ3) is 22.7. The largest absolute Gasteiger partial charge is 0.504 e. The maximum atomic E-state index is 13.3. The molecule has 2 N–H and O–H groups in total. The van der Waals surface area contributed by atoms with E-state index >= 15 is 0 Å². The quantitative estimate of drug-likeness (QED) is 0.0284. The van der Waals surface area contributed by atoms with Gasteiger partial charge in [0.1, 0.15) is 46.8 Å². The summed E-state index contributed by atoms with van der Waals surface area (Å²) in [5, 5.41) is 26.7. The summed E-state index contributed by atoms with van der Waals surface area (Å²) in [4.78, 5) is 44.7. The van der Waals surface area contributed by atoms with Crippen LogP contribution < -0.4 is 0 Å². The van der Waals surface area contributed by atoms with Crippen LogP contribution in [0, 0.1) is 84.5 Å². The number of phenols is 2. The molecule has 2 unspecified atom stereocenters. The maximum Gasteiger partial charge on any atom is 0.185 e. The van der Waals surface area contributed by atoms with E-state index in [9.17, 15) is 51.3 Å². The fourth-order valence-electron chi connectivity index (χ4n) is 9.31. The molecule has 0 amide bonds. The van der Waals surface area contributed by atoms with Gasteiger partial charge in [-0.3, -0.25) is 19.2 Å². The Morgan fingerprint density at radius 1 is 0.410 bits per heavy atom. The topological polar surface area (TPSA) is 161 Å². The number of aromatic nitrogens is 2. The number of aldehydes is 1. The number of ketones is 3. The number of halogens is 7. The molecule has 100 heavy (non-hydrogen) atoms. The Kier molecular flexibility index (Phi) is 28.1. The van der Waals surface area contributed by atoms with Gasteiger partial charge in [-0.1, -0.05) is 157 Å². The van der Waals surface area contributed by atoms with Crippen LogP contribution in [0.5, 0.6) is 11.5 Å². The number of Topliss-reactive ketones (excluding diaryl/α,β-unsaturated/α-hetero) is 2. The second-order valence-electron chi connectivity index (χ2n) is 23.3. The summed E-state index contributed by atoms with van der Waals surface area (Å²) in [6.07, 6.45) is 3.71. The van der Waals surface area contributed by atoms with Crippen molar-refractivity contribution < 1.29 is 60.4 Å². The first kappa shape index (κ1) is 76.6. The van der Waals surface area contributed by atoms with Crippen LogP contribution >= 0.6 is 31.9 Å². The number of hydrogen-bond donors (Lipinski definition) is 2. The predicted molar refractivity (Wildman–Crippen MR) is 392 cm³/mol. The molecule has 2 heterocycles. The van der Waals surface area contributed by atoms with Gasteiger partial charge in [0.05, 0.1) is 9.65 Å². The van der Waals surface area contributed by atoms with Gasteiger partial charge in [0.15, 0.2) is 40.4 Å². The van der Waals surface area contributed by atoms with Crippen molar-refractivity contribution in [2.45, 2.75) is 72.0 Å². The van der Waals surface area contributed by atoms with E-state index in [1.54, 1.807) is 85.8 Å². The summed E-state index contributed by atoms with van der Waals surface area (Å²) in [5.41, 5.74) is 17.3. The van der Waals surface area contributed by atoms with Crippen molar-refractivity contribution in [2.75, 3.05) is 0 Å². The highest BCUT2D eigenvalue weighted by Gasteiger charge is 2.27. The standard InChI is InChI=1S/C17H15Br2FO.C17H14FNO.C17H15FO.C15H10FNO3.C10H12O.C7H5FO/c1-10-6-7-13(8-11(10)2)17(21)16(19)15(18)12-4-3-5-14(20)9-12;1-11-6-7-13(8-12(11)2)16-10-17(20-19-16)14-4-3-5-15(18)9-14;1-12-6-8-15(10-13(12)2)17(19)9-7-14-4-3-5-16(18)11-14;16-11-3-1-2-10(6-11)15-8-12(17-20-15)9-4-5-13(18)14(19)7-9;1-7-4-5-10(9(3)11)6-8(7)2;8-7-3-1-2-6(4-7)5-9/h3-9,15-16H,1-2H3;3-10H,1-2H3;3-11H,1-2H3;1-8,18-19H;4-6H,1-3H3;1-5H/b;;9-7+;;;. The first-order valence-corrected chi connectivity index (χ1v) is 33.0. The van der Waals surface area contributed by atoms with Crippen LogP contribution in [0.25, 0.3) is 51.2 Å². The lowest BCUT2D eigenvalue weighted by Crippen LogP contribution is -2.19. The lowest BCUT2D eigenvalue weighted by atomic mass is 9.99. The summed E-state index contributed by atoms with van der Waals surface area (Å²) in [7, 11) is 0. The van der Waals surface area contributed by atoms with Crippen molar-refractivity contribution in [3.05, 3.63) is 338 Å². The molecular weight excluding hydrogens is 1410 g/mol. The summed E-state index contributed by atoms with van der Waals surface area (Å²) >= 11 is 6.91. The van der Waals surface area contributed by atoms with Crippen LogP contribution in [-0.4, -0.2) is 49.0 Å². The van der Waals surface area contributed by atoms with Gasteiger partial charge in [-0.25, -0.2) is 22.0 Å². The van der Waals surface area contributed by atoms with Crippen molar-refractivity contribution in [3.63, 3.8) is 0 Å². The minimum atomic E-state index is -0.457. The molecule has 2 atom stereocenters. The second kappa shape index (κ2) is 36.7. The van der Waals surface area contributed by atoms with E-state index in [1.165, 1.54) is 107 Å². The van der Waals surface area contributed by atoms with Gasteiger partial charge < -0.3 is 19.3 Å². The van der Waals surface area contributed by atoms with Crippen LogP contribution in [-0.2, 0) is 0 Å². The smallest absolute Gasteiger partial charge is 0.185 e. The molecule has 0 saturated carbocycles. The number of hydrogen-bond acceptors (Lipinski definition) is 10. The van der Waals surface area contributed by atoms with Crippen molar-refractivity contribution in [3.8, 4) is 56.7 Å². The normalized spacial score (nSPS) is 11.1. The second-order valence-corrected chi connectivity index (χ2v) is 25.3. The average molecular weight is 1480 g/mol. The van der Waals surface area contributed by atoms with Crippen molar-refractivity contribution in [1.29, 1.82) is 0 Å². The molecule has 0 bridgehead atoms. The molecular formula is C83H71Br2F5N2O8. The summed E-state index contributed by atoms with van der Waals surface area (Å²) in [5.74, 6) is -1.06. The highest BCUT2D eigenvalue weighted by Crippen LogP contribution is 2.35. The van der Waals surface area contributed by atoms with Crippen LogP contribution in [0.2, 0.25) is 0 Å². The van der Waals surface area contributed by atoms with Crippen LogP contribution in [0.4, 0.5) is 22.0 Å². The van der Waals surface area contributed by atoms with Crippen LogP contribution in [0.1, 0.15) is 109 Å². The Balaban J connectivity index is 0.000000172. The number of phenolic OH excluding ortho intramolecular Hbond substituents is 2. The highest BCUT2D eigenvalue weighted by atomic mass is 79.9. The van der Waals surface area contributed by atoms with E-state index < -0.39 is 4.83 Å². The molecule has 0 fully saturated rings. The molecule has 510 valence electrons. The number of nitrogens with zero attached hydrogens (tertiary/aromatic N) is 2. The van der Waals surface area contributed by atoms with Gasteiger partial charge in [0.25, 0.3) is 0 Å². The van der Waals surface area contributed by atoms with Crippen molar-refractivity contribution >= 4 is 61.6 Å². The van der Waals surface area contributed by atoms with E-state index in [1.807, 2.05) is 102 Å². The summed E-state index contributed by atoms with van der Waals surface area (Å²) in [6.45, 7) is 17.7. The zero-order valence-electron chi connectivity index (χ0n) is 56.1. The first-order chi connectivity index (χ1) is 47.7. The Bertz CT molecular complexity index is 4740. The zero-order chi connectivity index (χ0) is 72.7. The van der Waals surface area contributed by atoms with Crippen LogP contribution in [0.15, 0.2) is 240 Å². The first-order valence-electron chi connectivity index (χ1n) is 31.2. The SMILES string of the molecule is CC(=O)c1ccc(C)c(C)c1.Cc1ccc(-c2cc(-c3cccc(F)c3)on2)cc1C.Cc1ccc(C(=O)/C=C/c2cccc(F)c2)cc1C.Cc1ccc(C(=O)C(Br)C(Br)c2cccc(F)c2)cc1C.O=Cc1cccc(F)c1.Oc1ccc(-c2cc(-c3cccc(F)c3)on2)cc1O. The fourth-order valence-corrected chi connectivity index (χ4v) is 10.4. The van der Waals surface area contributed by atoms with Crippen LogP contribution in [0.3, 0.4) is 0 Å². The van der Waals surface area contributed by atoms with E-state index in [4.69, 9.17) is 9.05 Å². The molecule has 2 aromatic heterocycles. The maximum absolute atomic E-state index is 13.3. The highest BCUT2D eigenvalue weighted by molar-refractivity contribution is 9.12. The number of carbonyl (C=O) groups excluding carboxylic acids is 4. The van der Waals surface area contributed by atoms with E-state index in [0.717, 1.165) is 44.6 Å². The molecule has 0 aliphatic rings. The lowest BCUT2D eigenvalue weighted by molar-refractivity contribution is 0.0987. The van der Waals surface area contributed by atoms with Crippen molar-refractivity contribution in [2.24, 2.45) is 0 Å². The minimum absolute atomic E-state index is 0.0239. The van der Waals surface area contributed by atoms with Gasteiger partial charge in [-0.05, 0) is 227 Å². The van der Waals surface area contributed by atoms with Gasteiger partial charge in [0, 0.05) is 56.6 Å². The summed E-state index contributed by atoms with van der Waals surface area (Å²) in [6, 6.07) is 61.2.